The fraction of sp³-hybridized carbons (Fsp3) is 0.667. The van der Waals surface area contributed by atoms with Gasteiger partial charge in [0.1, 0.15) is 5.82 Å². The smallest absolute Gasteiger partial charge is 0.127 e. The SMILES string of the molecule is CCCC1CCC(CN)(N(C)Cc2ccccc2F)CC1. The third-order valence-electron chi connectivity index (χ3n) is 5.29. The monoisotopic (exact) mass is 292 g/mol. The van der Waals surface area contributed by atoms with Crippen molar-refractivity contribution in [2.45, 2.75) is 57.5 Å². The number of likely N-dealkylation sites (N-methyl/N-ethyl adjacent to an activating group) is 1. The molecule has 0 amide bonds. The van der Waals surface area contributed by atoms with E-state index in [0.717, 1.165) is 24.3 Å². The maximum atomic E-state index is 13.9. The third kappa shape index (κ3) is 3.83. The van der Waals surface area contributed by atoms with Gasteiger partial charge in [-0.1, -0.05) is 38.0 Å². The molecule has 2 rings (SSSR count). The topological polar surface area (TPSA) is 29.3 Å². The number of nitrogens with two attached hydrogens (primary N) is 1. The summed E-state index contributed by atoms with van der Waals surface area (Å²) in [5.74, 6) is 0.743. The van der Waals surface area contributed by atoms with Crippen molar-refractivity contribution in [2.75, 3.05) is 13.6 Å². The van der Waals surface area contributed by atoms with Gasteiger partial charge in [-0.05, 0) is 44.7 Å². The Labute approximate surface area is 128 Å². The second-order valence-electron chi connectivity index (χ2n) is 6.61. The highest BCUT2D eigenvalue weighted by atomic mass is 19.1. The zero-order chi connectivity index (χ0) is 15.3. The van der Waals surface area contributed by atoms with Crippen LogP contribution in [0.15, 0.2) is 24.3 Å². The minimum absolute atomic E-state index is 0.0481. The van der Waals surface area contributed by atoms with E-state index in [2.05, 4.69) is 18.9 Å². The quantitative estimate of drug-likeness (QED) is 0.860. The van der Waals surface area contributed by atoms with Crippen LogP contribution in [-0.2, 0) is 6.54 Å². The van der Waals surface area contributed by atoms with Crippen LogP contribution in [0.2, 0.25) is 0 Å². The predicted octanol–water partition coefficient (Wildman–Crippen LogP) is 3.95. The van der Waals surface area contributed by atoms with Crippen LogP contribution in [-0.4, -0.2) is 24.0 Å². The molecule has 1 aliphatic rings. The van der Waals surface area contributed by atoms with Crippen molar-refractivity contribution in [1.82, 2.24) is 4.90 Å². The predicted molar refractivity (Wildman–Crippen MR) is 86.5 cm³/mol. The summed E-state index contributed by atoms with van der Waals surface area (Å²) in [5.41, 5.74) is 6.93. The minimum atomic E-state index is -0.115. The molecule has 0 aromatic heterocycles. The van der Waals surface area contributed by atoms with Gasteiger partial charge in [0.25, 0.3) is 0 Å². The number of halogens is 1. The zero-order valence-electron chi connectivity index (χ0n) is 13.4. The molecular formula is C18H29FN2. The first-order chi connectivity index (χ1) is 10.1. The first-order valence-electron chi connectivity index (χ1n) is 8.26. The summed E-state index contributed by atoms with van der Waals surface area (Å²) in [6, 6.07) is 7.06. The molecule has 0 bridgehead atoms. The lowest BCUT2D eigenvalue weighted by Gasteiger charge is -2.46. The Morgan fingerprint density at radius 3 is 2.52 bits per heavy atom. The van der Waals surface area contributed by atoms with Crippen LogP contribution in [0.4, 0.5) is 4.39 Å². The summed E-state index contributed by atoms with van der Waals surface area (Å²) in [5, 5.41) is 0. The van der Waals surface area contributed by atoms with Crippen LogP contribution >= 0.6 is 0 Å². The lowest BCUT2D eigenvalue weighted by Crippen LogP contribution is -2.53. The van der Waals surface area contributed by atoms with E-state index in [1.165, 1.54) is 31.7 Å². The van der Waals surface area contributed by atoms with Gasteiger partial charge in [0.15, 0.2) is 0 Å². The fourth-order valence-electron chi connectivity index (χ4n) is 3.70. The molecule has 0 unspecified atom stereocenters. The molecule has 0 aliphatic heterocycles. The molecule has 118 valence electrons. The molecule has 1 saturated carbocycles. The van der Waals surface area contributed by atoms with Crippen molar-refractivity contribution in [3.05, 3.63) is 35.6 Å². The van der Waals surface area contributed by atoms with Crippen LogP contribution in [0, 0.1) is 11.7 Å². The molecule has 2 nitrogen and oxygen atoms in total. The number of rotatable bonds is 6. The van der Waals surface area contributed by atoms with E-state index in [9.17, 15) is 4.39 Å². The molecule has 0 saturated heterocycles. The van der Waals surface area contributed by atoms with Crippen molar-refractivity contribution in [3.63, 3.8) is 0 Å². The Balaban J connectivity index is 2.02. The lowest BCUT2D eigenvalue weighted by molar-refractivity contribution is 0.0561. The molecule has 1 aromatic rings. The van der Waals surface area contributed by atoms with E-state index in [-0.39, 0.29) is 11.4 Å². The van der Waals surface area contributed by atoms with E-state index in [1.807, 2.05) is 12.1 Å². The van der Waals surface area contributed by atoms with Crippen LogP contribution in [0.1, 0.15) is 51.0 Å². The van der Waals surface area contributed by atoms with Crippen molar-refractivity contribution in [3.8, 4) is 0 Å². The summed E-state index contributed by atoms with van der Waals surface area (Å²) >= 11 is 0. The maximum Gasteiger partial charge on any atom is 0.127 e. The molecule has 0 atom stereocenters. The molecule has 2 N–H and O–H groups in total. The summed E-state index contributed by atoms with van der Waals surface area (Å²) < 4.78 is 13.9. The van der Waals surface area contributed by atoms with E-state index < -0.39 is 0 Å². The Kier molecular flexibility index (Phi) is 5.77. The first-order valence-corrected chi connectivity index (χ1v) is 8.26. The number of hydrogen-bond donors (Lipinski definition) is 1. The molecule has 0 spiro atoms. The van der Waals surface area contributed by atoms with Gasteiger partial charge >= 0.3 is 0 Å². The van der Waals surface area contributed by atoms with Crippen LogP contribution in [0.5, 0.6) is 0 Å². The summed E-state index contributed by atoms with van der Waals surface area (Å²) in [6.45, 7) is 3.56. The largest absolute Gasteiger partial charge is 0.329 e. The van der Waals surface area contributed by atoms with Crippen molar-refractivity contribution >= 4 is 0 Å². The molecule has 1 aromatic carbocycles. The highest BCUT2D eigenvalue weighted by molar-refractivity contribution is 5.17. The first kappa shape index (κ1) is 16.4. The summed E-state index contributed by atoms with van der Waals surface area (Å²) in [7, 11) is 2.10. The van der Waals surface area contributed by atoms with Gasteiger partial charge in [0.05, 0.1) is 0 Å². The Hall–Kier alpha value is -0.930. The number of benzene rings is 1. The lowest BCUT2D eigenvalue weighted by atomic mass is 9.74. The van der Waals surface area contributed by atoms with E-state index in [1.54, 1.807) is 6.07 Å². The molecule has 3 heteroatoms. The molecule has 1 fully saturated rings. The zero-order valence-corrected chi connectivity index (χ0v) is 13.4. The third-order valence-corrected chi connectivity index (χ3v) is 5.29. The van der Waals surface area contributed by atoms with Gasteiger partial charge in [-0.15, -0.1) is 0 Å². The minimum Gasteiger partial charge on any atom is -0.329 e. The van der Waals surface area contributed by atoms with Gasteiger partial charge in [-0.25, -0.2) is 4.39 Å². The van der Waals surface area contributed by atoms with Crippen molar-refractivity contribution < 1.29 is 4.39 Å². The van der Waals surface area contributed by atoms with Crippen molar-refractivity contribution in [2.24, 2.45) is 11.7 Å². The molecule has 0 radical (unpaired) electrons. The van der Waals surface area contributed by atoms with Crippen LogP contribution < -0.4 is 5.73 Å². The highest BCUT2D eigenvalue weighted by Crippen LogP contribution is 2.37. The standard InChI is InChI=1S/C18H29FN2/c1-3-6-15-9-11-18(14-20,12-10-15)21(2)13-16-7-4-5-8-17(16)19/h4-5,7-8,15H,3,6,9-14,20H2,1-2H3. The van der Waals surface area contributed by atoms with Gasteiger partial charge in [0.2, 0.25) is 0 Å². The molecule has 1 aliphatic carbocycles. The summed E-state index contributed by atoms with van der Waals surface area (Å²) in [6.07, 6.45) is 7.39. The second-order valence-corrected chi connectivity index (χ2v) is 6.61. The van der Waals surface area contributed by atoms with Crippen LogP contribution in [0.25, 0.3) is 0 Å². The Morgan fingerprint density at radius 2 is 1.95 bits per heavy atom. The van der Waals surface area contributed by atoms with E-state index >= 15 is 0 Å². The average Bonchev–Trinajstić information content (AvgIpc) is 2.51. The van der Waals surface area contributed by atoms with E-state index in [4.69, 9.17) is 5.73 Å². The van der Waals surface area contributed by atoms with Crippen molar-refractivity contribution in [1.29, 1.82) is 0 Å². The number of nitrogens with zero attached hydrogens (tertiary/aromatic N) is 1. The summed E-state index contributed by atoms with van der Waals surface area (Å²) in [4.78, 5) is 2.29. The second kappa shape index (κ2) is 7.37. The van der Waals surface area contributed by atoms with Gasteiger partial charge in [-0.3, -0.25) is 4.90 Å². The molecule has 21 heavy (non-hydrogen) atoms. The normalized spacial score (nSPS) is 26.2. The van der Waals surface area contributed by atoms with Crippen LogP contribution in [0.3, 0.4) is 0 Å². The fourth-order valence-corrected chi connectivity index (χ4v) is 3.70. The number of hydrogen-bond acceptors (Lipinski definition) is 2. The molecule has 0 heterocycles. The van der Waals surface area contributed by atoms with E-state index in [0.29, 0.717) is 13.1 Å². The Bertz CT molecular complexity index is 439. The Morgan fingerprint density at radius 1 is 1.29 bits per heavy atom. The highest BCUT2D eigenvalue weighted by Gasteiger charge is 2.37. The molecular weight excluding hydrogens is 263 g/mol. The van der Waals surface area contributed by atoms with Gasteiger partial charge in [0, 0.05) is 24.2 Å². The van der Waals surface area contributed by atoms with Gasteiger partial charge in [-0.2, -0.15) is 0 Å². The van der Waals surface area contributed by atoms with Gasteiger partial charge < -0.3 is 5.73 Å². The maximum absolute atomic E-state index is 13.9. The average molecular weight is 292 g/mol.